The van der Waals surface area contributed by atoms with Crippen LogP contribution in [0.3, 0.4) is 0 Å². The first kappa shape index (κ1) is 15.0. The van der Waals surface area contributed by atoms with E-state index in [0.29, 0.717) is 0 Å². The quantitative estimate of drug-likeness (QED) is 0.397. The Morgan fingerprint density at radius 1 is 1.04 bits per heavy atom. The number of nitrogens with zero attached hydrogens (tertiary/aromatic N) is 3. The summed E-state index contributed by atoms with van der Waals surface area (Å²) in [4.78, 5) is 7.32. The van der Waals surface area contributed by atoms with E-state index in [1.54, 1.807) is 0 Å². The molecule has 0 amide bonds. The van der Waals surface area contributed by atoms with Crippen molar-refractivity contribution in [1.29, 1.82) is 0 Å². The Kier molecular flexibility index (Phi) is 3.38. The normalized spacial score (nSPS) is 16.1. The van der Waals surface area contributed by atoms with Gasteiger partial charge in [0.1, 0.15) is 11.6 Å². The summed E-state index contributed by atoms with van der Waals surface area (Å²) in [6, 6.07) is 20.9. The molecular formula is C20H16IN3O. The molecule has 0 N–H and O–H groups in total. The molecule has 0 spiro atoms. The van der Waals surface area contributed by atoms with Crippen LogP contribution in [0.25, 0.3) is 22.4 Å². The van der Waals surface area contributed by atoms with Crippen molar-refractivity contribution in [2.24, 2.45) is 0 Å². The average molecular weight is 441 g/mol. The molecular weight excluding hydrogens is 425 g/mol. The van der Waals surface area contributed by atoms with Gasteiger partial charge in [-0.3, -0.25) is 4.57 Å². The largest absolute Gasteiger partial charge is 0.451 e. The van der Waals surface area contributed by atoms with Crippen molar-refractivity contribution in [3.63, 3.8) is 0 Å². The molecule has 2 aromatic carbocycles. The monoisotopic (exact) mass is 441 g/mol. The Hall–Kier alpha value is -2.28. The van der Waals surface area contributed by atoms with Crippen LogP contribution >= 0.6 is 22.6 Å². The smallest absolute Gasteiger partial charge is 0.167 e. The molecule has 1 aliphatic heterocycles. The van der Waals surface area contributed by atoms with E-state index in [4.69, 9.17) is 9.40 Å². The first-order chi connectivity index (χ1) is 12.3. The molecule has 5 heteroatoms. The Balaban J connectivity index is 1.88. The van der Waals surface area contributed by atoms with Crippen molar-refractivity contribution in [2.75, 3.05) is 11.4 Å². The molecule has 0 saturated heterocycles. The van der Waals surface area contributed by atoms with E-state index < -0.39 is 0 Å². The maximum Gasteiger partial charge on any atom is 0.167 e. The average Bonchev–Trinajstić information content (AvgIpc) is 3.24. The van der Waals surface area contributed by atoms with Gasteiger partial charge in [-0.1, -0.05) is 24.3 Å². The second kappa shape index (κ2) is 5.62. The molecule has 124 valence electrons. The lowest BCUT2D eigenvalue weighted by Crippen LogP contribution is -2.36. The zero-order valence-corrected chi connectivity index (χ0v) is 15.8. The number of hydrogen-bond acceptors (Lipinski definition) is 3. The number of anilines is 1. The Labute approximate surface area is 159 Å². The van der Waals surface area contributed by atoms with E-state index in [9.17, 15) is 0 Å². The molecule has 0 aliphatic carbocycles. The van der Waals surface area contributed by atoms with E-state index in [2.05, 4.69) is 87.5 Å². The first-order valence-corrected chi connectivity index (χ1v) is 9.44. The van der Waals surface area contributed by atoms with E-state index in [-0.39, 0.29) is 6.17 Å². The van der Waals surface area contributed by atoms with Crippen LogP contribution in [0.4, 0.5) is 5.69 Å². The third-order valence-electron chi connectivity index (χ3n) is 4.78. The lowest BCUT2D eigenvalue weighted by molar-refractivity contribution is 0.406. The minimum atomic E-state index is -0.0363. The summed E-state index contributed by atoms with van der Waals surface area (Å²) in [7, 11) is 0. The van der Waals surface area contributed by atoms with Crippen LogP contribution in [0.1, 0.15) is 18.8 Å². The Bertz CT molecular complexity index is 1080. The number of benzene rings is 2. The summed E-state index contributed by atoms with van der Waals surface area (Å²) in [5, 5.41) is 0. The molecule has 1 atom stereocenters. The summed E-state index contributed by atoms with van der Waals surface area (Å²) in [6.45, 7) is 3.06. The number of para-hydroxylation sites is 3. The minimum Gasteiger partial charge on any atom is -0.451 e. The molecule has 0 radical (unpaired) electrons. The van der Waals surface area contributed by atoms with Gasteiger partial charge in [0.25, 0.3) is 0 Å². The number of imidazole rings is 1. The van der Waals surface area contributed by atoms with Crippen molar-refractivity contribution in [1.82, 2.24) is 9.55 Å². The van der Waals surface area contributed by atoms with Gasteiger partial charge < -0.3 is 9.32 Å². The second-order valence-electron chi connectivity index (χ2n) is 6.11. The van der Waals surface area contributed by atoms with Crippen molar-refractivity contribution < 1.29 is 4.42 Å². The number of fused-ring (bicyclic) bond motifs is 5. The van der Waals surface area contributed by atoms with E-state index in [1.807, 2.05) is 12.1 Å². The summed E-state index contributed by atoms with van der Waals surface area (Å²) in [5.74, 6) is 1.93. The number of furan rings is 1. The van der Waals surface area contributed by atoms with Crippen LogP contribution in [-0.4, -0.2) is 16.1 Å². The van der Waals surface area contributed by atoms with Gasteiger partial charge in [-0.2, -0.15) is 0 Å². The van der Waals surface area contributed by atoms with Crippen molar-refractivity contribution in [3.05, 3.63) is 70.2 Å². The molecule has 4 nitrogen and oxygen atoms in total. The van der Waals surface area contributed by atoms with Crippen LogP contribution in [0.2, 0.25) is 0 Å². The molecule has 0 bridgehead atoms. The molecule has 2 aromatic heterocycles. The fraction of sp³-hybridized carbons (Fsp3) is 0.150. The third kappa shape index (κ3) is 2.15. The van der Waals surface area contributed by atoms with Gasteiger partial charge in [0.2, 0.25) is 0 Å². The summed E-state index contributed by atoms with van der Waals surface area (Å²) in [5.41, 5.74) is 4.50. The van der Waals surface area contributed by atoms with Crippen LogP contribution in [0, 0.1) is 3.77 Å². The van der Waals surface area contributed by atoms with Gasteiger partial charge in [-0.05, 0) is 65.9 Å². The van der Waals surface area contributed by atoms with Gasteiger partial charge in [0.05, 0.1) is 11.0 Å². The Morgan fingerprint density at radius 2 is 1.84 bits per heavy atom. The van der Waals surface area contributed by atoms with E-state index in [1.165, 1.54) is 5.69 Å². The molecule has 4 aromatic rings. The zero-order chi connectivity index (χ0) is 17.0. The fourth-order valence-corrected chi connectivity index (χ4v) is 4.19. The number of rotatable bonds is 2. The first-order valence-electron chi connectivity index (χ1n) is 8.36. The van der Waals surface area contributed by atoms with E-state index >= 15 is 0 Å². The highest BCUT2D eigenvalue weighted by Crippen LogP contribution is 2.44. The summed E-state index contributed by atoms with van der Waals surface area (Å²) >= 11 is 2.22. The predicted octanol–water partition coefficient (Wildman–Crippen LogP) is 5.29. The van der Waals surface area contributed by atoms with Gasteiger partial charge in [0.15, 0.2) is 9.93 Å². The standard InChI is InChI=1S/C20H16IN3O/c1-2-23-15-9-5-3-7-13(15)19-22-14-8-4-6-10-16(14)24(19)20(23)17-11-12-18(21)25-17/h3-12,20H,2H2,1H3/t20-/m0/s1. The lowest BCUT2D eigenvalue weighted by Gasteiger charge is -2.38. The number of halogens is 1. The van der Waals surface area contributed by atoms with Crippen molar-refractivity contribution in [2.45, 2.75) is 13.1 Å². The molecule has 0 unspecified atom stereocenters. The van der Waals surface area contributed by atoms with Crippen LogP contribution in [-0.2, 0) is 0 Å². The van der Waals surface area contributed by atoms with E-state index in [0.717, 1.165) is 38.5 Å². The SMILES string of the molecule is CCN1c2ccccc2-c2nc3ccccc3n2[C@H]1c1ccc(I)o1. The Morgan fingerprint density at radius 3 is 2.64 bits per heavy atom. The minimum absolute atomic E-state index is 0.0363. The van der Waals surface area contributed by atoms with Gasteiger partial charge in [0, 0.05) is 17.8 Å². The van der Waals surface area contributed by atoms with Gasteiger partial charge in [-0.25, -0.2) is 4.98 Å². The van der Waals surface area contributed by atoms with Gasteiger partial charge in [-0.15, -0.1) is 0 Å². The number of hydrogen-bond donors (Lipinski definition) is 0. The topological polar surface area (TPSA) is 34.2 Å². The zero-order valence-electron chi connectivity index (χ0n) is 13.7. The van der Waals surface area contributed by atoms with Crippen LogP contribution in [0.15, 0.2) is 65.1 Å². The molecule has 0 fully saturated rings. The molecule has 3 heterocycles. The molecule has 25 heavy (non-hydrogen) atoms. The highest BCUT2D eigenvalue weighted by molar-refractivity contribution is 14.1. The number of aromatic nitrogens is 2. The lowest BCUT2D eigenvalue weighted by atomic mass is 10.1. The summed E-state index contributed by atoms with van der Waals surface area (Å²) < 4.78 is 9.24. The molecule has 1 aliphatic rings. The van der Waals surface area contributed by atoms with Crippen molar-refractivity contribution >= 4 is 39.3 Å². The van der Waals surface area contributed by atoms with Crippen molar-refractivity contribution in [3.8, 4) is 11.4 Å². The second-order valence-corrected chi connectivity index (χ2v) is 7.18. The molecule has 0 saturated carbocycles. The van der Waals surface area contributed by atoms with Crippen LogP contribution in [0.5, 0.6) is 0 Å². The molecule has 5 rings (SSSR count). The van der Waals surface area contributed by atoms with Crippen LogP contribution < -0.4 is 4.90 Å². The third-order valence-corrected chi connectivity index (χ3v) is 5.36. The fourth-order valence-electron chi connectivity index (χ4n) is 3.76. The van der Waals surface area contributed by atoms with Gasteiger partial charge >= 0.3 is 0 Å². The maximum atomic E-state index is 6.04. The maximum absolute atomic E-state index is 6.04. The predicted molar refractivity (Wildman–Crippen MR) is 108 cm³/mol. The highest BCUT2D eigenvalue weighted by atomic mass is 127. The highest BCUT2D eigenvalue weighted by Gasteiger charge is 2.35. The summed E-state index contributed by atoms with van der Waals surface area (Å²) in [6.07, 6.45) is -0.0363.